The third-order valence-corrected chi connectivity index (χ3v) is 5.59. The van der Waals surface area contributed by atoms with Crippen LogP contribution in [-0.2, 0) is 14.9 Å². The van der Waals surface area contributed by atoms with Crippen LogP contribution >= 0.6 is 0 Å². The van der Waals surface area contributed by atoms with Gasteiger partial charge in [-0.05, 0) is 43.9 Å². The van der Waals surface area contributed by atoms with Gasteiger partial charge in [0, 0.05) is 18.3 Å². The molecule has 4 rings (SSSR count). The van der Waals surface area contributed by atoms with E-state index in [1.54, 1.807) is 0 Å². The summed E-state index contributed by atoms with van der Waals surface area (Å²) in [5.41, 5.74) is 2.51. The number of piperidine rings is 1. The Morgan fingerprint density at radius 3 is 1.71 bits per heavy atom. The molecule has 0 amide bonds. The first kappa shape index (κ1) is 21.0. The highest BCUT2D eigenvalue weighted by molar-refractivity contribution is 7.84. The summed E-state index contributed by atoms with van der Waals surface area (Å²) in [6.45, 7) is 0. The molecule has 2 aliphatic rings. The van der Waals surface area contributed by atoms with Gasteiger partial charge in [0.25, 0.3) is 0 Å². The molecule has 2 saturated heterocycles. The van der Waals surface area contributed by atoms with Crippen LogP contribution < -0.4 is 0 Å². The molecule has 28 heavy (non-hydrogen) atoms. The van der Waals surface area contributed by atoms with Gasteiger partial charge >= 0.3 is 0 Å². The molecule has 5 nitrogen and oxygen atoms in total. The number of ether oxygens (including phenoxy) is 1. The minimum absolute atomic E-state index is 0.0465. The second-order valence-electron chi connectivity index (χ2n) is 7.69. The zero-order chi connectivity index (χ0) is 20.1. The largest absolute Gasteiger partial charge is 0.748 e. The number of rotatable bonds is 4. The van der Waals surface area contributed by atoms with Crippen molar-refractivity contribution in [2.24, 2.45) is 0 Å². The molecular weight excluding hydrogens is 374 g/mol. The third kappa shape index (κ3) is 5.88. The van der Waals surface area contributed by atoms with Gasteiger partial charge in [-0.2, -0.15) is 0 Å². The van der Waals surface area contributed by atoms with Crippen molar-refractivity contribution in [3.63, 3.8) is 0 Å². The Morgan fingerprint density at radius 2 is 1.32 bits per heavy atom. The van der Waals surface area contributed by atoms with Gasteiger partial charge in [0.1, 0.15) is 6.10 Å². The van der Waals surface area contributed by atoms with Crippen LogP contribution in [0.15, 0.2) is 60.7 Å². The van der Waals surface area contributed by atoms with Crippen LogP contribution in [0, 0.1) is 0 Å². The molecular formula is C22H28NO4S-. The lowest BCUT2D eigenvalue weighted by Gasteiger charge is -2.38. The highest BCUT2D eigenvalue weighted by atomic mass is 32.2. The van der Waals surface area contributed by atoms with Crippen LogP contribution in [-0.4, -0.2) is 49.4 Å². The van der Waals surface area contributed by atoms with E-state index in [-0.39, 0.29) is 6.10 Å². The summed E-state index contributed by atoms with van der Waals surface area (Å²) in [4.78, 5) is 2.57. The molecule has 2 bridgehead atoms. The predicted octanol–water partition coefficient (Wildman–Crippen LogP) is 3.58. The SMILES string of the molecule is CN1C2CCC1CC(OC(c1ccccc1)c1ccccc1)C2.CS(=O)(=O)[O-]. The van der Waals surface area contributed by atoms with Gasteiger partial charge in [-0.3, -0.25) is 0 Å². The van der Waals surface area contributed by atoms with E-state index >= 15 is 0 Å². The molecule has 2 unspecified atom stereocenters. The summed E-state index contributed by atoms with van der Waals surface area (Å²) in [5.74, 6) is 0. The van der Waals surface area contributed by atoms with E-state index < -0.39 is 10.1 Å². The van der Waals surface area contributed by atoms with E-state index in [1.807, 2.05) is 0 Å². The molecule has 152 valence electrons. The Hall–Kier alpha value is -1.73. The second kappa shape index (κ2) is 9.18. The Kier molecular flexibility index (Phi) is 6.88. The third-order valence-electron chi connectivity index (χ3n) is 5.59. The highest BCUT2D eigenvalue weighted by Crippen LogP contribution is 2.38. The Bertz CT molecular complexity index is 780. The number of fused-ring (bicyclic) bond motifs is 2. The van der Waals surface area contributed by atoms with Crippen molar-refractivity contribution in [2.75, 3.05) is 13.3 Å². The lowest BCUT2D eigenvalue weighted by Crippen LogP contribution is -2.43. The van der Waals surface area contributed by atoms with E-state index in [9.17, 15) is 0 Å². The topological polar surface area (TPSA) is 69.7 Å². The fourth-order valence-corrected chi connectivity index (χ4v) is 4.27. The normalized spacial score (nSPS) is 24.6. The first-order valence-corrected chi connectivity index (χ1v) is 11.5. The minimum Gasteiger partial charge on any atom is -0.748 e. The lowest BCUT2D eigenvalue weighted by atomic mass is 9.97. The van der Waals surface area contributed by atoms with Gasteiger partial charge < -0.3 is 14.2 Å². The van der Waals surface area contributed by atoms with Crippen LogP contribution in [0.25, 0.3) is 0 Å². The van der Waals surface area contributed by atoms with Crippen molar-refractivity contribution in [2.45, 2.75) is 50.0 Å². The molecule has 0 spiro atoms. The Balaban J connectivity index is 0.000000403. The average Bonchev–Trinajstić information content (AvgIpc) is 2.87. The zero-order valence-electron chi connectivity index (χ0n) is 16.4. The Morgan fingerprint density at radius 1 is 0.929 bits per heavy atom. The predicted molar refractivity (Wildman–Crippen MR) is 109 cm³/mol. The Labute approximate surface area is 168 Å². The summed E-state index contributed by atoms with van der Waals surface area (Å²) < 4.78 is 33.9. The average molecular weight is 403 g/mol. The summed E-state index contributed by atoms with van der Waals surface area (Å²) in [5, 5.41) is 0. The maximum atomic E-state index is 9.08. The molecule has 0 aliphatic carbocycles. The van der Waals surface area contributed by atoms with Crippen LogP contribution in [0.1, 0.15) is 42.9 Å². The van der Waals surface area contributed by atoms with E-state index in [0.717, 1.165) is 0 Å². The molecule has 0 radical (unpaired) electrons. The maximum Gasteiger partial charge on any atom is 0.108 e. The number of hydrogen-bond donors (Lipinski definition) is 0. The molecule has 2 aromatic rings. The quantitative estimate of drug-likeness (QED) is 0.731. The van der Waals surface area contributed by atoms with Gasteiger partial charge in [-0.15, -0.1) is 0 Å². The summed E-state index contributed by atoms with van der Waals surface area (Å²) in [6.07, 6.45) is 6.03. The van der Waals surface area contributed by atoms with E-state index in [0.29, 0.717) is 24.4 Å². The van der Waals surface area contributed by atoms with E-state index in [1.165, 1.54) is 36.8 Å². The smallest absolute Gasteiger partial charge is 0.108 e. The molecule has 2 aromatic carbocycles. The summed E-state index contributed by atoms with van der Waals surface area (Å²) >= 11 is 0. The first-order valence-electron chi connectivity index (χ1n) is 9.69. The summed E-state index contributed by atoms with van der Waals surface area (Å²) in [7, 11) is -1.63. The van der Waals surface area contributed by atoms with Crippen molar-refractivity contribution in [3.8, 4) is 0 Å². The van der Waals surface area contributed by atoms with Crippen LogP contribution in [0.2, 0.25) is 0 Å². The standard InChI is InChI=1S/C21H25NO.CH4O3S/c1-22-18-12-13-19(22)15-20(14-18)23-21(16-8-4-2-5-9-16)17-10-6-3-7-11-17;1-5(2,3)4/h2-11,18-21H,12-15H2,1H3;1H3,(H,2,3,4)/p-1. The molecule has 2 atom stereocenters. The monoisotopic (exact) mass is 402 g/mol. The van der Waals surface area contributed by atoms with Crippen LogP contribution in [0.5, 0.6) is 0 Å². The van der Waals surface area contributed by atoms with Crippen molar-refractivity contribution in [3.05, 3.63) is 71.8 Å². The zero-order valence-corrected chi connectivity index (χ0v) is 17.2. The second-order valence-corrected chi connectivity index (χ2v) is 9.09. The molecule has 2 fully saturated rings. The molecule has 2 aliphatic heterocycles. The number of nitrogens with zero attached hydrogens (tertiary/aromatic N) is 1. The first-order chi connectivity index (χ1) is 13.3. The highest BCUT2D eigenvalue weighted by Gasteiger charge is 2.39. The van der Waals surface area contributed by atoms with E-state index in [4.69, 9.17) is 17.7 Å². The van der Waals surface area contributed by atoms with Gasteiger partial charge in [0.15, 0.2) is 0 Å². The van der Waals surface area contributed by atoms with E-state index in [2.05, 4.69) is 72.6 Å². The van der Waals surface area contributed by atoms with Crippen molar-refractivity contribution < 1.29 is 17.7 Å². The van der Waals surface area contributed by atoms with Gasteiger partial charge in [0.05, 0.1) is 16.2 Å². The molecule has 0 N–H and O–H groups in total. The van der Waals surface area contributed by atoms with Crippen molar-refractivity contribution in [1.29, 1.82) is 0 Å². The lowest BCUT2D eigenvalue weighted by molar-refractivity contribution is -0.0426. The van der Waals surface area contributed by atoms with Crippen LogP contribution in [0.4, 0.5) is 0 Å². The fourth-order valence-electron chi connectivity index (χ4n) is 4.27. The fraction of sp³-hybridized carbons (Fsp3) is 0.455. The number of hydrogen-bond acceptors (Lipinski definition) is 5. The maximum absolute atomic E-state index is 9.08. The van der Waals surface area contributed by atoms with Crippen LogP contribution in [0.3, 0.4) is 0 Å². The summed E-state index contributed by atoms with van der Waals surface area (Å²) in [6, 6.07) is 22.7. The number of benzene rings is 2. The van der Waals surface area contributed by atoms with Crippen molar-refractivity contribution >= 4 is 10.1 Å². The molecule has 2 heterocycles. The molecule has 0 aromatic heterocycles. The van der Waals surface area contributed by atoms with Gasteiger partial charge in [-0.1, -0.05) is 60.7 Å². The molecule has 0 saturated carbocycles. The van der Waals surface area contributed by atoms with Crippen molar-refractivity contribution in [1.82, 2.24) is 4.90 Å². The minimum atomic E-state index is -3.92. The van der Waals surface area contributed by atoms with Gasteiger partial charge in [0.2, 0.25) is 0 Å². The molecule has 6 heteroatoms. The van der Waals surface area contributed by atoms with Gasteiger partial charge in [-0.25, -0.2) is 8.42 Å².